The Kier molecular flexibility index (Phi) is 4.47. The molecule has 0 saturated heterocycles. The fourth-order valence-electron chi connectivity index (χ4n) is 2.22. The van der Waals surface area contributed by atoms with E-state index in [-0.39, 0.29) is 12.4 Å². The molecular weight excluding hydrogens is 292 g/mol. The summed E-state index contributed by atoms with van der Waals surface area (Å²) in [5, 5.41) is 3.95. The van der Waals surface area contributed by atoms with Gasteiger partial charge in [0.15, 0.2) is 18.2 Å². The Morgan fingerprint density at radius 2 is 1.83 bits per heavy atom. The van der Waals surface area contributed by atoms with Gasteiger partial charge in [0.25, 0.3) is 5.89 Å². The van der Waals surface area contributed by atoms with Crippen LogP contribution in [0, 0.1) is 0 Å². The van der Waals surface area contributed by atoms with Gasteiger partial charge in [0.1, 0.15) is 5.75 Å². The van der Waals surface area contributed by atoms with Crippen LogP contribution in [0.2, 0.25) is 0 Å². The van der Waals surface area contributed by atoms with Gasteiger partial charge in [-0.2, -0.15) is 4.98 Å². The molecule has 0 atom stereocenters. The first-order valence-corrected chi connectivity index (χ1v) is 7.30. The zero-order chi connectivity index (χ0) is 16.1. The summed E-state index contributed by atoms with van der Waals surface area (Å²) in [7, 11) is 0. The molecule has 0 aliphatic heterocycles. The summed E-state index contributed by atoms with van der Waals surface area (Å²) in [6.07, 6.45) is 0.606. The number of ether oxygens (including phenoxy) is 1. The maximum Gasteiger partial charge on any atom is 0.264 e. The first kappa shape index (κ1) is 15.0. The van der Waals surface area contributed by atoms with Crippen molar-refractivity contribution in [3.8, 4) is 5.75 Å². The van der Waals surface area contributed by atoms with Crippen molar-refractivity contribution in [3.05, 3.63) is 77.4 Å². The maximum absolute atomic E-state index is 11.6. The fraction of sp³-hybridized carbons (Fsp3) is 0.167. The number of Topliss-reactive ketones (excluding diaryl/α,β-unsaturated/α-hetero) is 1. The second kappa shape index (κ2) is 6.87. The van der Waals surface area contributed by atoms with Gasteiger partial charge >= 0.3 is 0 Å². The van der Waals surface area contributed by atoms with Crippen molar-refractivity contribution in [3.63, 3.8) is 0 Å². The number of aromatic nitrogens is 2. The Bertz CT molecular complexity index is 797. The van der Waals surface area contributed by atoms with Crippen molar-refractivity contribution in [1.29, 1.82) is 0 Å². The van der Waals surface area contributed by atoms with Gasteiger partial charge in [0, 0.05) is 6.42 Å². The van der Waals surface area contributed by atoms with Crippen LogP contribution in [-0.4, -0.2) is 15.9 Å². The van der Waals surface area contributed by atoms with E-state index in [1.54, 1.807) is 18.2 Å². The molecule has 5 heteroatoms. The summed E-state index contributed by atoms with van der Waals surface area (Å²) in [6, 6.07) is 17.0. The Morgan fingerprint density at radius 3 is 2.61 bits per heavy atom. The molecule has 0 saturated carbocycles. The topological polar surface area (TPSA) is 65.2 Å². The molecule has 0 spiro atoms. The van der Waals surface area contributed by atoms with Crippen LogP contribution in [0.4, 0.5) is 0 Å². The number of benzene rings is 2. The number of para-hydroxylation sites is 1. The van der Waals surface area contributed by atoms with Crippen LogP contribution >= 0.6 is 0 Å². The number of hydrogen-bond acceptors (Lipinski definition) is 5. The number of nitrogens with zero attached hydrogens (tertiary/aromatic N) is 2. The van der Waals surface area contributed by atoms with E-state index in [0.717, 1.165) is 5.56 Å². The highest BCUT2D eigenvalue weighted by Crippen LogP contribution is 2.19. The average molecular weight is 308 g/mol. The maximum atomic E-state index is 11.6. The van der Waals surface area contributed by atoms with Crippen molar-refractivity contribution in [1.82, 2.24) is 10.1 Å². The lowest BCUT2D eigenvalue weighted by Crippen LogP contribution is -2.02. The third-order valence-electron chi connectivity index (χ3n) is 3.33. The molecule has 1 aromatic heterocycles. The molecule has 5 nitrogen and oxygen atoms in total. The first-order chi connectivity index (χ1) is 11.2. The molecule has 1 heterocycles. The van der Waals surface area contributed by atoms with Gasteiger partial charge in [-0.25, -0.2) is 0 Å². The van der Waals surface area contributed by atoms with E-state index in [1.807, 2.05) is 36.4 Å². The third-order valence-corrected chi connectivity index (χ3v) is 3.33. The van der Waals surface area contributed by atoms with Crippen molar-refractivity contribution in [2.24, 2.45) is 0 Å². The molecule has 23 heavy (non-hydrogen) atoms. The summed E-state index contributed by atoms with van der Waals surface area (Å²) in [5.41, 5.74) is 1.65. The number of hydrogen-bond donors (Lipinski definition) is 0. The van der Waals surface area contributed by atoms with Crippen LogP contribution in [0.25, 0.3) is 0 Å². The Balaban J connectivity index is 1.65. The predicted octanol–water partition coefficient (Wildman–Crippen LogP) is 3.44. The Hall–Kier alpha value is -2.95. The summed E-state index contributed by atoms with van der Waals surface area (Å²) >= 11 is 0. The van der Waals surface area contributed by atoms with E-state index in [9.17, 15) is 4.79 Å². The Labute approximate surface area is 133 Å². The van der Waals surface area contributed by atoms with Crippen LogP contribution < -0.4 is 4.74 Å². The fourth-order valence-corrected chi connectivity index (χ4v) is 2.22. The molecule has 0 unspecified atom stereocenters. The van der Waals surface area contributed by atoms with E-state index < -0.39 is 0 Å². The van der Waals surface area contributed by atoms with Gasteiger partial charge in [-0.05, 0) is 24.6 Å². The zero-order valence-electron chi connectivity index (χ0n) is 12.7. The minimum absolute atomic E-state index is 0.0455. The summed E-state index contributed by atoms with van der Waals surface area (Å²) in [6.45, 7) is 1.64. The minimum atomic E-state index is -0.0455. The molecule has 0 aliphatic carbocycles. The molecule has 116 valence electrons. The van der Waals surface area contributed by atoms with Gasteiger partial charge in [-0.1, -0.05) is 47.6 Å². The predicted molar refractivity (Wildman–Crippen MR) is 84.3 cm³/mol. The number of carbonyl (C=O) groups excluding carboxylic acids is 1. The van der Waals surface area contributed by atoms with Crippen molar-refractivity contribution in [2.45, 2.75) is 20.0 Å². The van der Waals surface area contributed by atoms with Gasteiger partial charge < -0.3 is 9.26 Å². The number of rotatable bonds is 6. The van der Waals surface area contributed by atoms with Crippen molar-refractivity contribution < 1.29 is 14.1 Å². The second-order valence-corrected chi connectivity index (χ2v) is 5.11. The lowest BCUT2D eigenvalue weighted by molar-refractivity contribution is 0.101. The van der Waals surface area contributed by atoms with Gasteiger partial charge in [0.05, 0.1) is 5.56 Å². The summed E-state index contributed by atoms with van der Waals surface area (Å²) < 4.78 is 10.8. The van der Waals surface area contributed by atoms with Crippen LogP contribution in [0.15, 0.2) is 59.1 Å². The molecule has 0 aliphatic rings. The molecular formula is C18H16N2O3. The molecule has 0 bridgehead atoms. The molecule has 2 aromatic carbocycles. The van der Waals surface area contributed by atoms with E-state index in [0.29, 0.717) is 29.4 Å². The monoisotopic (exact) mass is 308 g/mol. The molecule has 3 rings (SSSR count). The van der Waals surface area contributed by atoms with E-state index >= 15 is 0 Å². The average Bonchev–Trinajstić information content (AvgIpc) is 3.01. The highest BCUT2D eigenvalue weighted by Gasteiger charge is 2.11. The van der Waals surface area contributed by atoms with Gasteiger partial charge in [0.2, 0.25) is 0 Å². The van der Waals surface area contributed by atoms with E-state index in [1.165, 1.54) is 6.92 Å². The van der Waals surface area contributed by atoms with Crippen molar-refractivity contribution in [2.75, 3.05) is 0 Å². The normalized spacial score (nSPS) is 10.5. The van der Waals surface area contributed by atoms with Crippen LogP contribution in [0.5, 0.6) is 5.75 Å². The van der Waals surface area contributed by atoms with Crippen LogP contribution in [0.3, 0.4) is 0 Å². The summed E-state index contributed by atoms with van der Waals surface area (Å²) in [4.78, 5) is 15.9. The molecule has 0 amide bonds. The lowest BCUT2D eigenvalue weighted by Gasteiger charge is -2.06. The van der Waals surface area contributed by atoms with Gasteiger partial charge in [-0.3, -0.25) is 4.79 Å². The standard InChI is InChI=1S/C18H16N2O3/c1-13(21)15-9-5-6-10-16(15)22-12-18-19-17(20-23-18)11-14-7-3-2-4-8-14/h2-10H,11-12H2,1H3. The smallest absolute Gasteiger partial charge is 0.264 e. The highest BCUT2D eigenvalue weighted by molar-refractivity contribution is 5.96. The first-order valence-electron chi connectivity index (χ1n) is 7.30. The summed E-state index contributed by atoms with van der Waals surface area (Å²) in [5.74, 6) is 1.46. The number of ketones is 1. The molecule has 0 fully saturated rings. The van der Waals surface area contributed by atoms with Crippen LogP contribution in [0.1, 0.15) is 34.6 Å². The zero-order valence-corrected chi connectivity index (χ0v) is 12.7. The Morgan fingerprint density at radius 1 is 1.09 bits per heavy atom. The highest BCUT2D eigenvalue weighted by atomic mass is 16.5. The van der Waals surface area contributed by atoms with E-state index in [4.69, 9.17) is 9.26 Å². The molecule has 0 N–H and O–H groups in total. The third kappa shape index (κ3) is 3.83. The number of carbonyl (C=O) groups is 1. The second-order valence-electron chi connectivity index (χ2n) is 5.11. The minimum Gasteiger partial charge on any atom is -0.483 e. The molecule has 3 aromatic rings. The van der Waals surface area contributed by atoms with Crippen LogP contribution in [-0.2, 0) is 13.0 Å². The van der Waals surface area contributed by atoms with Crippen molar-refractivity contribution >= 4 is 5.78 Å². The molecule has 0 radical (unpaired) electrons. The van der Waals surface area contributed by atoms with E-state index in [2.05, 4.69) is 10.1 Å². The lowest BCUT2D eigenvalue weighted by atomic mass is 10.1. The largest absolute Gasteiger partial charge is 0.483 e. The van der Waals surface area contributed by atoms with Gasteiger partial charge in [-0.15, -0.1) is 0 Å². The SMILES string of the molecule is CC(=O)c1ccccc1OCc1nc(Cc2ccccc2)no1. The quantitative estimate of drug-likeness (QED) is 0.653.